The number of tetrazole rings is 1. The SMILES string of the molecule is CN=c1nnn(C)n1C. The third-order valence-electron chi connectivity index (χ3n) is 1.19. The summed E-state index contributed by atoms with van der Waals surface area (Å²) >= 11 is 0. The van der Waals surface area contributed by atoms with Crippen LogP contribution < -0.4 is 5.62 Å². The maximum absolute atomic E-state index is 3.86. The van der Waals surface area contributed by atoms with E-state index in [1.54, 1.807) is 16.5 Å². The Hall–Kier alpha value is -1.13. The molecule has 0 spiro atoms. The molecule has 0 aromatic carbocycles. The summed E-state index contributed by atoms with van der Waals surface area (Å²) in [5, 5.41) is 7.47. The monoisotopic (exact) mass is 127 g/mol. The number of rotatable bonds is 0. The minimum atomic E-state index is 0.637. The van der Waals surface area contributed by atoms with E-state index in [-0.39, 0.29) is 0 Å². The number of hydrogen-bond donors (Lipinski definition) is 0. The van der Waals surface area contributed by atoms with Crippen molar-refractivity contribution >= 4 is 0 Å². The molecule has 1 aromatic rings. The summed E-state index contributed by atoms with van der Waals surface area (Å²) in [6.07, 6.45) is 0. The highest BCUT2D eigenvalue weighted by Crippen LogP contribution is 1.62. The van der Waals surface area contributed by atoms with Gasteiger partial charge in [0.05, 0.1) is 0 Å². The van der Waals surface area contributed by atoms with E-state index < -0.39 is 0 Å². The first-order chi connectivity index (χ1) is 4.25. The predicted octanol–water partition coefficient (Wildman–Crippen LogP) is -1.32. The summed E-state index contributed by atoms with van der Waals surface area (Å²) < 4.78 is 1.75. The highest BCUT2D eigenvalue weighted by Gasteiger charge is 1.90. The fraction of sp³-hybridized carbons (Fsp3) is 0.750. The van der Waals surface area contributed by atoms with Gasteiger partial charge in [-0.25, -0.2) is 4.68 Å². The van der Waals surface area contributed by atoms with E-state index in [2.05, 4.69) is 15.3 Å². The molecule has 5 heteroatoms. The Bertz CT molecular complexity index is 254. The van der Waals surface area contributed by atoms with Crippen LogP contribution in [-0.4, -0.2) is 26.8 Å². The Kier molecular flexibility index (Phi) is 1.33. The van der Waals surface area contributed by atoms with Crippen LogP contribution in [0.4, 0.5) is 0 Å². The molecule has 50 valence electrons. The lowest BCUT2D eigenvalue weighted by molar-refractivity contribution is 0.509. The standard InChI is InChI=1S/C4H9N5/c1-5-4-6-7-9(3)8(4)2/h1-3H3. The predicted molar refractivity (Wildman–Crippen MR) is 31.5 cm³/mol. The second-order valence-electron chi connectivity index (χ2n) is 1.73. The highest BCUT2D eigenvalue weighted by atomic mass is 15.6. The van der Waals surface area contributed by atoms with Gasteiger partial charge in [0.2, 0.25) is 0 Å². The van der Waals surface area contributed by atoms with Crippen LogP contribution in [0.25, 0.3) is 0 Å². The average molecular weight is 127 g/mol. The van der Waals surface area contributed by atoms with Gasteiger partial charge in [0.25, 0.3) is 5.62 Å². The molecule has 0 aliphatic rings. The summed E-state index contributed by atoms with van der Waals surface area (Å²) in [7, 11) is 5.34. The van der Waals surface area contributed by atoms with Gasteiger partial charge in [0.1, 0.15) is 0 Å². The zero-order valence-corrected chi connectivity index (χ0v) is 5.74. The average Bonchev–Trinajstić information content (AvgIpc) is 2.15. The Balaban J connectivity index is 3.37. The molecule has 0 aliphatic heterocycles. The topological polar surface area (TPSA) is 48.0 Å². The maximum Gasteiger partial charge on any atom is 0.262 e. The molecule has 9 heavy (non-hydrogen) atoms. The summed E-state index contributed by atoms with van der Waals surface area (Å²) in [4.78, 5) is 5.47. The van der Waals surface area contributed by atoms with E-state index >= 15 is 0 Å². The van der Waals surface area contributed by atoms with Gasteiger partial charge in [-0.1, -0.05) is 5.10 Å². The van der Waals surface area contributed by atoms with Crippen molar-refractivity contribution in [2.24, 2.45) is 19.1 Å². The van der Waals surface area contributed by atoms with Crippen molar-refractivity contribution in [3.05, 3.63) is 5.62 Å². The van der Waals surface area contributed by atoms with Crippen LogP contribution in [0.2, 0.25) is 0 Å². The van der Waals surface area contributed by atoms with Crippen molar-refractivity contribution < 1.29 is 0 Å². The molecule has 1 heterocycles. The Labute approximate surface area is 52.6 Å². The van der Waals surface area contributed by atoms with E-state index in [1.807, 2.05) is 14.1 Å². The van der Waals surface area contributed by atoms with Gasteiger partial charge in [0.15, 0.2) is 0 Å². The summed E-state index contributed by atoms with van der Waals surface area (Å²) in [6.45, 7) is 0. The molecule has 0 fully saturated rings. The lowest BCUT2D eigenvalue weighted by Crippen LogP contribution is -2.19. The van der Waals surface area contributed by atoms with Crippen molar-refractivity contribution in [1.82, 2.24) is 19.8 Å². The molecule has 0 amide bonds. The largest absolute Gasteiger partial charge is 0.262 e. The third kappa shape index (κ3) is 0.847. The van der Waals surface area contributed by atoms with Crippen molar-refractivity contribution in [3.8, 4) is 0 Å². The molecule has 0 saturated heterocycles. The third-order valence-corrected chi connectivity index (χ3v) is 1.19. The normalized spacial score (nSPS) is 12.6. The Morgan fingerprint density at radius 1 is 1.44 bits per heavy atom. The van der Waals surface area contributed by atoms with Crippen LogP contribution in [0, 0.1) is 0 Å². The minimum absolute atomic E-state index is 0.637. The number of hydrogen-bond acceptors (Lipinski definition) is 3. The first-order valence-corrected chi connectivity index (χ1v) is 2.61. The van der Waals surface area contributed by atoms with Gasteiger partial charge in [-0.2, -0.15) is 4.80 Å². The lowest BCUT2D eigenvalue weighted by Gasteiger charge is -1.91. The van der Waals surface area contributed by atoms with Crippen molar-refractivity contribution in [3.63, 3.8) is 0 Å². The van der Waals surface area contributed by atoms with Crippen LogP contribution in [0.5, 0.6) is 0 Å². The fourth-order valence-electron chi connectivity index (χ4n) is 0.548. The summed E-state index contributed by atoms with van der Waals surface area (Å²) in [5.41, 5.74) is 0.637. The summed E-state index contributed by atoms with van der Waals surface area (Å²) in [5.74, 6) is 0. The van der Waals surface area contributed by atoms with Gasteiger partial charge in [-0.3, -0.25) is 4.99 Å². The Morgan fingerprint density at radius 3 is 2.33 bits per heavy atom. The molecule has 0 saturated carbocycles. The van der Waals surface area contributed by atoms with Crippen LogP contribution in [0.1, 0.15) is 0 Å². The second-order valence-corrected chi connectivity index (χ2v) is 1.73. The molecule has 0 unspecified atom stereocenters. The fourth-order valence-corrected chi connectivity index (χ4v) is 0.548. The zero-order valence-electron chi connectivity index (χ0n) is 5.74. The molecule has 0 radical (unpaired) electrons. The molecule has 0 bridgehead atoms. The number of aryl methyl sites for hydroxylation is 1. The lowest BCUT2D eigenvalue weighted by atomic mass is 11.1. The zero-order chi connectivity index (χ0) is 6.85. The van der Waals surface area contributed by atoms with E-state index in [4.69, 9.17) is 0 Å². The summed E-state index contributed by atoms with van der Waals surface area (Å²) in [6, 6.07) is 0. The van der Waals surface area contributed by atoms with Crippen LogP contribution in [0.3, 0.4) is 0 Å². The number of aromatic nitrogens is 4. The van der Waals surface area contributed by atoms with Gasteiger partial charge in [0, 0.05) is 21.1 Å². The first kappa shape index (κ1) is 6.00. The molecule has 0 atom stereocenters. The van der Waals surface area contributed by atoms with E-state index in [0.717, 1.165) is 0 Å². The van der Waals surface area contributed by atoms with Crippen molar-refractivity contribution in [2.75, 3.05) is 7.05 Å². The van der Waals surface area contributed by atoms with Crippen molar-refractivity contribution in [1.29, 1.82) is 0 Å². The molecule has 0 N–H and O–H groups in total. The quantitative estimate of drug-likeness (QED) is 0.434. The van der Waals surface area contributed by atoms with Crippen molar-refractivity contribution in [2.45, 2.75) is 0 Å². The molecule has 1 rings (SSSR count). The molecular formula is C4H9N5. The molecular weight excluding hydrogens is 118 g/mol. The van der Waals surface area contributed by atoms with Gasteiger partial charge >= 0.3 is 0 Å². The maximum atomic E-state index is 3.86. The Morgan fingerprint density at radius 2 is 2.11 bits per heavy atom. The van der Waals surface area contributed by atoms with Crippen LogP contribution >= 0.6 is 0 Å². The smallest absolute Gasteiger partial charge is 0.252 e. The van der Waals surface area contributed by atoms with Gasteiger partial charge < -0.3 is 0 Å². The minimum Gasteiger partial charge on any atom is -0.252 e. The molecule has 1 aromatic heterocycles. The van der Waals surface area contributed by atoms with Gasteiger partial charge in [-0.15, -0.1) is 0 Å². The van der Waals surface area contributed by atoms with E-state index in [9.17, 15) is 0 Å². The highest BCUT2D eigenvalue weighted by molar-refractivity contribution is 4.45. The van der Waals surface area contributed by atoms with E-state index in [0.29, 0.717) is 5.62 Å². The van der Waals surface area contributed by atoms with Crippen LogP contribution in [0.15, 0.2) is 4.99 Å². The number of nitrogens with zero attached hydrogens (tertiary/aromatic N) is 5. The second kappa shape index (κ2) is 2.00. The van der Waals surface area contributed by atoms with E-state index in [1.165, 1.54) is 0 Å². The first-order valence-electron chi connectivity index (χ1n) is 2.61. The van der Waals surface area contributed by atoms with Crippen LogP contribution in [-0.2, 0) is 14.1 Å². The molecule has 0 aliphatic carbocycles. The molecule has 5 nitrogen and oxygen atoms in total. The van der Waals surface area contributed by atoms with Gasteiger partial charge in [-0.05, 0) is 5.21 Å².